The van der Waals surface area contributed by atoms with E-state index in [1.54, 1.807) is 37.0 Å². The molecule has 0 atom stereocenters. The molecule has 4 heterocycles. The van der Waals surface area contributed by atoms with Crippen molar-refractivity contribution in [3.8, 4) is 6.01 Å². The minimum Gasteiger partial charge on any atom is -0.460 e. The first-order valence-electron chi connectivity index (χ1n) is 13.7. The summed E-state index contributed by atoms with van der Waals surface area (Å²) in [4.78, 5) is 43.6. The Morgan fingerprint density at radius 3 is 2.63 bits per heavy atom. The molecule has 2 aromatic heterocycles. The number of ether oxygens (including phenoxy) is 3. The number of carbonyl (C=O) groups is 2. The van der Waals surface area contributed by atoms with Gasteiger partial charge >= 0.3 is 6.01 Å². The van der Waals surface area contributed by atoms with Crippen LogP contribution in [0, 0.1) is 0 Å². The van der Waals surface area contributed by atoms with E-state index in [0.717, 1.165) is 49.7 Å². The molecule has 0 aliphatic carbocycles. The largest absolute Gasteiger partial charge is 0.460 e. The van der Waals surface area contributed by atoms with Gasteiger partial charge in [-0.3, -0.25) is 14.5 Å². The highest BCUT2D eigenvalue weighted by Gasteiger charge is 2.25. The number of rotatable bonds is 11. The van der Waals surface area contributed by atoms with Crippen LogP contribution < -0.4 is 20.3 Å². The van der Waals surface area contributed by atoms with Gasteiger partial charge in [-0.05, 0) is 23.8 Å². The first kappa shape index (κ1) is 28.9. The number of hydrogen-bond donors (Lipinski definition) is 2. The number of morpholine rings is 1. The van der Waals surface area contributed by atoms with Crippen LogP contribution in [0.4, 0.5) is 10.8 Å². The number of methoxy groups -OCH3 is 1. The van der Waals surface area contributed by atoms with Crippen molar-refractivity contribution in [1.29, 1.82) is 0 Å². The van der Waals surface area contributed by atoms with Crippen LogP contribution in [-0.2, 0) is 16.0 Å². The van der Waals surface area contributed by atoms with E-state index in [1.807, 2.05) is 12.1 Å². The topological polar surface area (TPSA) is 131 Å². The van der Waals surface area contributed by atoms with E-state index in [-0.39, 0.29) is 17.9 Å². The van der Waals surface area contributed by atoms with Crippen molar-refractivity contribution in [3.63, 3.8) is 0 Å². The van der Waals surface area contributed by atoms with Crippen LogP contribution in [0.3, 0.4) is 0 Å². The maximum absolute atomic E-state index is 13.2. The Kier molecular flexibility index (Phi) is 10.1. The summed E-state index contributed by atoms with van der Waals surface area (Å²) in [5, 5.41) is 8.30. The van der Waals surface area contributed by atoms with E-state index in [2.05, 4.69) is 35.4 Å². The highest BCUT2D eigenvalue weighted by atomic mass is 32.1. The summed E-state index contributed by atoms with van der Waals surface area (Å²) in [6.07, 6.45) is 4.97. The monoisotopic (exact) mass is 581 g/mol. The molecule has 2 saturated heterocycles. The van der Waals surface area contributed by atoms with Gasteiger partial charge in [0.2, 0.25) is 0 Å². The highest BCUT2D eigenvalue weighted by Crippen LogP contribution is 2.27. The summed E-state index contributed by atoms with van der Waals surface area (Å²) in [6.45, 7) is 6.04. The molecule has 3 aromatic rings. The predicted octanol–water partition coefficient (Wildman–Crippen LogP) is 2.44. The zero-order valence-electron chi connectivity index (χ0n) is 23.1. The molecule has 2 N–H and O–H groups in total. The molecule has 2 aliphatic rings. The lowest BCUT2D eigenvalue weighted by Crippen LogP contribution is -2.38. The molecule has 0 radical (unpaired) electrons. The lowest BCUT2D eigenvalue weighted by Gasteiger charge is -2.31. The summed E-state index contributed by atoms with van der Waals surface area (Å²) in [6, 6.07) is 7.71. The number of nitrogens with zero attached hydrogens (tertiary/aromatic N) is 5. The summed E-state index contributed by atoms with van der Waals surface area (Å²) >= 11 is 1.43. The zero-order chi connectivity index (χ0) is 28.4. The Morgan fingerprint density at radius 1 is 1.10 bits per heavy atom. The van der Waals surface area contributed by atoms with Gasteiger partial charge in [0, 0.05) is 77.0 Å². The smallest absolute Gasteiger partial charge is 0.316 e. The molecule has 0 unspecified atom stereocenters. The molecule has 0 saturated carbocycles. The molecule has 5 rings (SSSR count). The summed E-state index contributed by atoms with van der Waals surface area (Å²) in [5.74, 6) is -0.634. The molecular weight excluding hydrogens is 546 g/mol. The number of aromatic nitrogens is 3. The molecule has 0 spiro atoms. The minimum absolute atomic E-state index is 0.0380. The first-order chi connectivity index (χ1) is 20.1. The predicted molar refractivity (Wildman–Crippen MR) is 155 cm³/mol. The van der Waals surface area contributed by atoms with Crippen LogP contribution in [0.5, 0.6) is 6.01 Å². The fourth-order valence-corrected chi connectivity index (χ4v) is 5.59. The number of thiazole rings is 1. The minimum atomic E-state index is -0.362. The molecule has 2 aliphatic heterocycles. The lowest BCUT2D eigenvalue weighted by molar-refractivity contribution is 0.0342. The van der Waals surface area contributed by atoms with E-state index < -0.39 is 0 Å². The fraction of sp³-hybridized carbons (Fsp3) is 0.464. The van der Waals surface area contributed by atoms with Crippen LogP contribution in [0.25, 0.3) is 0 Å². The van der Waals surface area contributed by atoms with Crippen molar-refractivity contribution in [2.45, 2.75) is 25.5 Å². The Balaban J connectivity index is 1.22. The molecule has 13 heteroatoms. The maximum Gasteiger partial charge on any atom is 0.316 e. The van der Waals surface area contributed by atoms with Gasteiger partial charge in [0.25, 0.3) is 11.8 Å². The molecule has 0 bridgehead atoms. The van der Waals surface area contributed by atoms with Crippen molar-refractivity contribution >= 4 is 34.0 Å². The van der Waals surface area contributed by atoms with Gasteiger partial charge < -0.3 is 29.7 Å². The van der Waals surface area contributed by atoms with E-state index in [9.17, 15) is 9.59 Å². The van der Waals surface area contributed by atoms with Gasteiger partial charge in [-0.25, -0.2) is 15.0 Å². The number of hydrogen-bond acceptors (Lipinski definition) is 11. The van der Waals surface area contributed by atoms with Crippen molar-refractivity contribution in [3.05, 3.63) is 58.9 Å². The number of piperidine rings is 1. The number of amides is 2. The van der Waals surface area contributed by atoms with Crippen LogP contribution in [-0.4, -0.2) is 97.4 Å². The quantitative estimate of drug-likeness (QED) is 0.326. The Bertz CT molecular complexity index is 1290. The Morgan fingerprint density at radius 2 is 1.88 bits per heavy atom. The van der Waals surface area contributed by atoms with E-state index in [1.165, 1.54) is 11.3 Å². The second-order valence-corrected chi connectivity index (χ2v) is 10.7. The summed E-state index contributed by atoms with van der Waals surface area (Å²) < 4.78 is 16.4. The van der Waals surface area contributed by atoms with Gasteiger partial charge in [-0.1, -0.05) is 6.07 Å². The lowest BCUT2D eigenvalue weighted by atomic mass is 10.1. The van der Waals surface area contributed by atoms with Crippen LogP contribution in [0.2, 0.25) is 0 Å². The SMILES string of the molecule is COCCNC(=O)c1cc(CN2CCOCC2)ccc1NC(=O)c1csc(N2CCC(Oc3ncccn3)CC2)n1. The second-order valence-electron chi connectivity index (χ2n) is 9.82. The van der Waals surface area contributed by atoms with Crippen molar-refractivity contribution in [1.82, 2.24) is 25.2 Å². The van der Waals surface area contributed by atoms with Crippen LogP contribution >= 0.6 is 11.3 Å². The molecule has 218 valence electrons. The highest BCUT2D eigenvalue weighted by molar-refractivity contribution is 7.14. The first-order valence-corrected chi connectivity index (χ1v) is 14.6. The van der Waals surface area contributed by atoms with Gasteiger partial charge in [-0.15, -0.1) is 11.3 Å². The van der Waals surface area contributed by atoms with Crippen molar-refractivity contribution in [2.75, 3.05) is 69.9 Å². The van der Waals surface area contributed by atoms with Crippen LogP contribution in [0.1, 0.15) is 39.3 Å². The molecule has 2 fully saturated rings. The van der Waals surface area contributed by atoms with Crippen LogP contribution in [0.15, 0.2) is 42.0 Å². The fourth-order valence-electron chi connectivity index (χ4n) is 4.73. The maximum atomic E-state index is 13.2. The van der Waals surface area contributed by atoms with E-state index >= 15 is 0 Å². The summed E-state index contributed by atoms with van der Waals surface area (Å²) in [5.41, 5.74) is 2.14. The van der Waals surface area contributed by atoms with Crippen molar-refractivity contribution in [2.24, 2.45) is 0 Å². The Hall–Kier alpha value is -3.65. The van der Waals surface area contributed by atoms with E-state index in [0.29, 0.717) is 55.9 Å². The Labute approximate surface area is 243 Å². The summed E-state index contributed by atoms with van der Waals surface area (Å²) in [7, 11) is 1.58. The van der Waals surface area contributed by atoms with Gasteiger partial charge in [0.15, 0.2) is 5.13 Å². The third-order valence-electron chi connectivity index (χ3n) is 6.93. The average molecular weight is 582 g/mol. The normalized spacial score (nSPS) is 16.4. The van der Waals surface area contributed by atoms with Gasteiger partial charge in [0.1, 0.15) is 11.8 Å². The van der Waals surface area contributed by atoms with E-state index in [4.69, 9.17) is 14.2 Å². The third-order valence-corrected chi connectivity index (χ3v) is 7.83. The number of benzene rings is 1. The number of nitrogens with one attached hydrogen (secondary N) is 2. The third kappa shape index (κ3) is 7.97. The van der Waals surface area contributed by atoms with Gasteiger partial charge in [0.05, 0.1) is 31.1 Å². The average Bonchev–Trinajstić information content (AvgIpc) is 3.50. The molecule has 2 amide bonds. The number of anilines is 2. The molecule has 41 heavy (non-hydrogen) atoms. The zero-order valence-corrected chi connectivity index (χ0v) is 23.9. The standard InChI is InChI=1S/C28H35N7O5S/c1-38-14-9-29-25(36)22-17-20(18-34-12-15-39-16-13-34)3-4-23(22)32-26(37)24-19-41-28(33-24)35-10-5-21(6-11-35)40-27-30-7-2-8-31-27/h2-4,7-8,17,19,21H,5-6,9-16,18H2,1H3,(H,29,36)(H,32,37). The molecule has 12 nitrogen and oxygen atoms in total. The number of carbonyl (C=O) groups excluding carboxylic acids is 2. The molecule has 1 aromatic carbocycles. The second kappa shape index (κ2) is 14.3. The molecular formula is C28H35N7O5S. The van der Waals surface area contributed by atoms with Gasteiger partial charge in [-0.2, -0.15) is 0 Å². The van der Waals surface area contributed by atoms with Crippen molar-refractivity contribution < 1.29 is 23.8 Å².